The van der Waals surface area contributed by atoms with Crippen LogP contribution in [-0.4, -0.2) is 23.6 Å². The molecule has 0 aliphatic heterocycles. The van der Waals surface area contributed by atoms with Gasteiger partial charge in [0.15, 0.2) is 0 Å². The molecule has 0 fully saturated rings. The second kappa shape index (κ2) is 6.57. The van der Waals surface area contributed by atoms with Crippen LogP contribution in [0.1, 0.15) is 47.5 Å². The van der Waals surface area contributed by atoms with E-state index in [9.17, 15) is 0 Å². The van der Waals surface area contributed by atoms with Crippen LogP contribution in [0.15, 0.2) is 9.98 Å². The topological polar surface area (TPSA) is 50.7 Å². The van der Waals surface area contributed by atoms with Gasteiger partial charge < -0.3 is 5.73 Å². The smallest absolute Gasteiger partial charge is 0.139 e. The van der Waals surface area contributed by atoms with Gasteiger partial charge in [-0.2, -0.15) is 0 Å². The van der Waals surface area contributed by atoms with E-state index in [2.05, 4.69) is 23.8 Å². The van der Waals surface area contributed by atoms with Crippen LogP contribution in [0.5, 0.6) is 0 Å². The van der Waals surface area contributed by atoms with Crippen LogP contribution in [0.25, 0.3) is 0 Å². The number of hydrogen-bond donors (Lipinski definition) is 1. The Bertz CT molecular complexity index is 213. The quantitative estimate of drug-likeness (QED) is 0.534. The molecule has 0 saturated heterocycles. The van der Waals surface area contributed by atoms with Gasteiger partial charge in [0.2, 0.25) is 0 Å². The molecule has 0 atom stereocenters. The van der Waals surface area contributed by atoms with Crippen molar-refractivity contribution in [1.29, 1.82) is 0 Å². The summed E-state index contributed by atoms with van der Waals surface area (Å²) in [5, 5.41) is 0. The maximum Gasteiger partial charge on any atom is 0.139 e. The number of amidine groups is 1. The molecule has 0 rings (SSSR count). The van der Waals surface area contributed by atoms with Gasteiger partial charge in [0, 0.05) is 6.04 Å². The molecule has 0 radical (unpaired) electrons. The van der Waals surface area contributed by atoms with E-state index in [1.807, 2.05) is 20.8 Å². The van der Waals surface area contributed by atoms with Gasteiger partial charge >= 0.3 is 0 Å². The second-order valence-electron chi connectivity index (χ2n) is 3.79. The van der Waals surface area contributed by atoms with Crippen LogP contribution in [0.4, 0.5) is 0 Å². The highest BCUT2D eigenvalue weighted by molar-refractivity contribution is 6.40. The van der Waals surface area contributed by atoms with Crippen molar-refractivity contribution in [3.05, 3.63) is 0 Å². The van der Waals surface area contributed by atoms with E-state index in [0.29, 0.717) is 11.9 Å². The molecular formula is C11H23N3. The van der Waals surface area contributed by atoms with Gasteiger partial charge in [0.25, 0.3) is 0 Å². The Kier molecular flexibility index (Phi) is 6.17. The van der Waals surface area contributed by atoms with Gasteiger partial charge in [-0.05, 0) is 33.6 Å². The van der Waals surface area contributed by atoms with E-state index < -0.39 is 0 Å². The number of nitrogens with zero attached hydrogens (tertiary/aromatic N) is 2. The molecule has 0 aliphatic rings. The number of rotatable bonds is 5. The predicted molar refractivity (Wildman–Crippen MR) is 64.2 cm³/mol. The molecule has 0 heterocycles. The largest absolute Gasteiger partial charge is 0.382 e. The molecule has 0 aromatic heterocycles. The molecule has 3 nitrogen and oxygen atoms in total. The molecule has 0 amide bonds. The van der Waals surface area contributed by atoms with Gasteiger partial charge in [-0.25, -0.2) is 0 Å². The highest BCUT2D eigenvalue weighted by Gasteiger charge is 2.04. The van der Waals surface area contributed by atoms with Crippen LogP contribution in [0.3, 0.4) is 0 Å². The van der Waals surface area contributed by atoms with Crippen LogP contribution < -0.4 is 5.73 Å². The van der Waals surface area contributed by atoms with Crippen LogP contribution in [0.2, 0.25) is 0 Å². The van der Waals surface area contributed by atoms with Gasteiger partial charge in [0.1, 0.15) is 5.84 Å². The average molecular weight is 197 g/mol. The summed E-state index contributed by atoms with van der Waals surface area (Å²) in [5.41, 5.74) is 6.69. The third-order valence-electron chi connectivity index (χ3n) is 2.09. The predicted octanol–water partition coefficient (Wildman–Crippen LogP) is 2.40. The summed E-state index contributed by atoms with van der Waals surface area (Å²) in [4.78, 5) is 8.79. The number of hydrogen-bond acceptors (Lipinski definition) is 2. The molecule has 0 aromatic rings. The zero-order valence-electron chi connectivity index (χ0n) is 10.0. The first kappa shape index (κ1) is 13.1. The number of nitrogens with two attached hydrogens (primary N) is 1. The Morgan fingerprint density at radius 2 is 1.64 bits per heavy atom. The Morgan fingerprint density at radius 3 is 2.00 bits per heavy atom. The second-order valence-corrected chi connectivity index (χ2v) is 3.79. The van der Waals surface area contributed by atoms with Crippen molar-refractivity contribution in [2.24, 2.45) is 15.7 Å². The van der Waals surface area contributed by atoms with E-state index in [1.54, 1.807) is 0 Å². The lowest BCUT2D eigenvalue weighted by atomic mass is 10.2. The Labute approximate surface area is 87.5 Å². The summed E-state index contributed by atoms with van der Waals surface area (Å²) in [6.45, 7) is 10.2. The summed E-state index contributed by atoms with van der Waals surface area (Å²) >= 11 is 0. The summed E-state index contributed by atoms with van der Waals surface area (Å²) in [6, 6.07) is 0.623. The highest BCUT2D eigenvalue weighted by Crippen LogP contribution is 2.02. The van der Waals surface area contributed by atoms with Crippen molar-refractivity contribution in [1.82, 2.24) is 0 Å². The maximum absolute atomic E-state index is 5.84. The van der Waals surface area contributed by atoms with E-state index >= 15 is 0 Å². The van der Waals surface area contributed by atoms with Crippen LogP contribution in [0, 0.1) is 0 Å². The van der Waals surface area contributed by atoms with Crippen molar-refractivity contribution < 1.29 is 0 Å². The van der Waals surface area contributed by atoms with Crippen LogP contribution >= 0.6 is 0 Å². The van der Waals surface area contributed by atoms with E-state index in [-0.39, 0.29) is 6.04 Å². The van der Waals surface area contributed by atoms with Gasteiger partial charge in [0.05, 0.1) is 11.8 Å². The molecular weight excluding hydrogens is 174 g/mol. The fourth-order valence-corrected chi connectivity index (χ4v) is 1.21. The first-order chi connectivity index (χ1) is 6.51. The lowest BCUT2D eigenvalue weighted by molar-refractivity contribution is 0.632. The fraction of sp³-hybridized carbons (Fsp3) is 0.818. The molecule has 0 aliphatic carbocycles. The SMILES string of the molecule is CCC(CC)N=C(N)C(C)=NC(C)C. The van der Waals surface area contributed by atoms with E-state index in [1.165, 1.54) is 0 Å². The minimum Gasteiger partial charge on any atom is -0.382 e. The molecule has 0 bridgehead atoms. The first-order valence-corrected chi connectivity index (χ1v) is 5.39. The average Bonchev–Trinajstić information content (AvgIpc) is 2.12. The molecule has 0 unspecified atom stereocenters. The third kappa shape index (κ3) is 5.00. The minimum absolute atomic E-state index is 0.283. The Balaban J connectivity index is 4.50. The van der Waals surface area contributed by atoms with Crippen molar-refractivity contribution >= 4 is 11.5 Å². The van der Waals surface area contributed by atoms with Crippen LogP contribution in [-0.2, 0) is 0 Å². The Morgan fingerprint density at radius 1 is 1.14 bits per heavy atom. The van der Waals surface area contributed by atoms with Crippen molar-refractivity contribution in [3.63, 3.8) is 0 Å². The summed E-state index contributed by atoms with van der Waals surface area (Å²) in [6.07, 6.45) is 2.07. The number of aliphatic imine (C=N–C) groups is 2. The zero-order chi connectivity index (χ0) is 11.1. The highest BCUT2D eigenvalue weighted by atomic mass is 14.9. The molecule has 2 N–H and O–H groups in total. The Hall–Kier alpha value is -0.860. The molecule has 3 heteroatoms. The summed E-state index contributed by atoms with van der Waals surface area (Å²) in [5.74, 6) is 0.590. The zero-order valence-corrected chi connectivity index (χ0v) is 10.0. The third-order valence-corrected chi connectivity index (χ3v) is 2.09. The lowest BCUT2D eigenvalue weighted by Crippen LogP contribution is -2.24. The van der Waals surface area contributed by atoms with Crippen molar-refractivity contribution in [2.75, 3.05) is 0 Å². The normalized spacial score (nSPS) is 14.2. The first-order valence-electron chi connectivity index (χ1n) is 5.39. The molecule has 0 aromatic carbocycles. The molecule has 14 heavy (non-hydrogen) atoms. The standard InChI is InChI=1S/C11H23N3/c1-6-10(7-2)14-11(12)9(5)13-8(3)4/h8,10H,6-7H2,1-5H3,(H2,12,14). The summed E-state index contributed by atoms with van der Waals surface area (Å²) < 4.78 is 0. The maximum atomic E-state index is 5.84. The van der Waals surface area contributed by atoms with Gasteiger partial charge in [-0.3, -0.25) is 9.98 Å². The van der Waals surface area contributed by atoms with Crippen molar-refractivity contribution in [3.8, 4) is 0 Å². The van der Waals surface area contributed by atoms with Gasteiger partial charge in [-0.15, -0.1) is 0 Å². The van der Waals surface area contributed by atoms with Crippen molar-refractivity contribution in [2.45, 2.75) is 59.5 Å². The molecule has 0 spiro atoms. The van der Waals surface area contributed by atoms with E-state index in [0.717, 1.165) is 18.6 Å². The summed E-state index contributed by atoms with van der Waals surface area (Å²) in [7, 11) is 0. The van der Waals surface area contributed by atoms with E-state index in [4.69, 9.17) is 5.73 Å². The van der Waals surface area contributed by atoms with Gasteiger partial charge in [-0.1, -0.05) is 13.8 Å². The molecule has 82 valence electrons. The monoisotopic (exact) mass is 197 g/mol. The fourth-order valence-electron chi connectivity index (χ4n) is 1.21. The lowest BCUT2D eigenvalue weighted by Gasteiger charge is -2.09. The molecule has 0 saturated carbocycles. The minimum atomic E-state index is 0.283.